The Morgan fingerprint density at radius 2 is 1.11 bits per heavy atom. The molecule has 8 rings (SSSR count). The van der Waals surface area contributed by atoms with Crippen LogP contribution in [0, 0.1) is 52.3 Å². The Morgan fingerprint density at radius 1 is 0.557 bits per heavy atom. The van der Waals surface area contributed by atoms with Crippen molar-refractivity contribution in [1.82, 2.24) is 87.7 Å². The van der Waals surface area contributed by atoms with E-state index in [1.54, 1.807) is 31.9 Å². The number of benzene rings is 1. The van der Waals surface area contributed by atoms with Gasteiger partial charge in [0.2, 0.25) is 70.9 Å². The van der Waals surface area contributed by atoms with Crippen molar-refractivity contribution in [3.63, 3.8) is 0 Å². The standard InChI is InChI=1S/C83H129N19O19S/c1-47(2)33-63(80(120)96-61(75(85)115)22-32-122-8)97-81(121)65(36-54-39-86-46-90-54)95-70(107)41-89-76(116)49(4)91-77(117)50(5)92-79(119)64(34-51-38-87-60-12-10-9-11-55(51)60)98-78(118)62(18-19-67(84)104)94-68(105)20-13-48(3)57-16-17-58-56-15-14-52-35-53(21-23-82(52,6)59(56)37-66(103)83(57,58)7)93-69(106)40-88-71(108)42-99-24-26-100(43-72(109)110)28-30-102(45-74(113)114)31-29-101(27-25-99)44-73(111)112/h9-12,38-39,46-50,52-53,56-59,61-66,87,103H,13-37,40-45H2,1-8H3,(H2,84,104)(H2,85,115)(H,86,90)(H,88,108)(H,89,116)(H,91,117)(H,92,119)(H,93,106)(H,94,105)(H,95,107)(H,96,120)(H,97,121)(H,98,118)(H,109,110)(H,111,112)(H,113,114)/t48-,49+,50+,52-,53+,56+,57-,58+,59+,61+,62+,63+,64+,65+,66+,82+,83-/m1/s1. The molecule has 122 heavy (non-hydrogen) atoms. The van der Waals surface area contributed by atoms with Crippen LogP contribution in [0.3, 0.4) is 0 Å². The zero-order valence-electron chi connectivity index (χ0n) is 71.4. The van der Waals surface area contributed by atoms with Crippen LogP contribution in [0.5, 0.6) is 0 Å². The van der Waals surface area contributed by atoms with Gasteiger partial charge in [-0.25, -0.2) is 4.98 Å². The summed E-state index contributed by atoms with van der Waals surface area (Å²) in [7, 11) is 0. The number of primary amides is 2. The van der Waals surface area contributed by atoms with E-state index < -0.39 is 143 Å². The minimum atomic E-state index is -1.39. The third kappa shape index (κ3) is 28.4. The Balaban J connectivity index is 0.823. The average Bonchev–Trinajstić information content (AvgIpc) is 1.44. The number of fused-ring (bicyclic) bond motifs is 6. The van der Waals surface area contributed by atoms with Crippen LogP contribution in [-0.2, 0) is 84.8 Å². The lowest BCUT2D eigenvalue weighted by atomic mass is 9.43. The SMILES string of the molecule is CSCC[C@H](NC(=O)[C@H](CC(C)C)NC(=O)[C@H](Cc1c[nH]cn1)NC(=O)CNC(=O)[C@H](C)NC(=O)[C@H](C)NC(=O)[C@H](Cc1c[nH]c2ccccc12)NC(=O)[C@H](CCC(N)=O)NC(=O)CC[C@@H](C)[C@H]1CC[C@H]2[C@@H]3CC[C@@H]4C[C@@H](NC(=O)CNC(=O)CN5CCN(CC(=O)O)CCN(CC(=O)O)CCN(CC(=O)O)CC5)CC[C@]4(C)[C@H]3C[C@H](O)[C@]12C)C(N)=O. The predicted octanol–water partition coefficient (Wildman–Crippen LogP) is -1.10. The Labute approximate surface area is 715 Å². The molecule has 1 aliphatic heterocycles. The molecule has 0 bridgehead atoms. The van der Waals surface area contributed by atoms with Crippen LogP contribution < -0.4 is 64.6 Å². The van der Waals surface area contributed by atoms with Crippen LogP contribution in [0.15, 0.2) is 43.0 Å². The Kier molecular flexibility index (Phi) is 36.8. The normalized spacial score (nSPS) is 24.3. The van der Waals surface area contributed by atoms with Crippen molar-refractivity contribution in [2.75, 3.05) is 104 Å². The molecule has 4 saturated carbocycles. The first kappa shape index (κ1) is 97.6. The van der Waals surface area contributed by atoms with Crippen LogP contribution in [-0.4, -0.2) is 302 Å². The predicted molar refractivity (Wildman–Crippen MR) is 451 cm³/mol. The summed E-state index contributed by atoms with van der Waals surface area (Å²) in [6, 6.07) is -1.69. The summed E-state index contributed by atoms with van der Waals surface area (Å²) in [5.74, 6) is -9.99. The highest BCUT2D eigenvalue weighted by molar-refractivity contribution is 7.98. The number of aromatic nitrogens is 3. The molecule has 1 saturated heterocycles. The van der Waals surface area contributed by atoms with E-state index in [1.807, 2.05) is 38.3 Å². The lowest BCUT2D eigenvalue weighted by Crippen LogP contribution is -2.59. The average molecular weight is 1730 g/mol. The molecule has 4 aliphatic carbocycles. The summed E-state index contributed by atoms with van der Waals surface area (Å²) >= 11 is 1.46. The zero-order chi connectivity index (χ0) is 89.3. The number of hydrogen-bond donors (Lipinski definition) is 18. The monoisotopic (exact) mass is 1730 g/mol. The number of carbonyl (C=O) groups is 15. The van der Waals surface area contributed by atoms with E-state index in [1.165, 1.54) is 38.1 Å². The highest BCUT2D eigenvalue weighted by atomic mass is 32.2. The molecule has 39 heteroatoms. The number of carbonyl (C=O) groups excluding carboxylic acids is 12. The number of carboxylic acid groups (broad SMARTS) is 3. The van der Waals surface area contributed by atoms with E-state index in [2.05, 4.69) is 88.9 Å². The lowest BCUT2D eigenvalue weighted by molar-refractivity contribution is -0.170. The number of aliphatic hydroxyl groups is 1. The highest BCUT2D eigenvalue weighted by Gasteiger charge is 2.64. The minimum Gasteiger partial charge on any atom is -0.480 e. The van der Waals surface area contributed by atoms with Crippen LogP contribution in [0.1, 0.15) is 150 Å². The smallest absolute Gasteiger partial charge is 0.317 e. The molecule has 2 aromatic heterocycles. The molecule has 3 aromatic rings. The molecular weight excluding hydrogens is 1600 g/mol. The van der Waals surface area contributed by atoms with Gasteiger partial charge in [0, 0.05) is 107 Å². The molecule has 5 fully saturated rings. The topological polar surface area (TPSA) is 567 Å². The van der Waals surface area contributed by atoms with Crippen molar-refractivity contribution in [2.45, 2.75) is 206 Å². The number of thioether (sulfide) groups is 1. The third-order valence-electron chi connectivity index (χ3n) is 25.8. The molecule has 0 radical (unpaired) electrons. The zero-order valence-corrected chi connectivity index (χ0v) is 72.2. The fourth-order valence-electron chi connectivity index (χ4n) is 19.1. The first-order chi connectivity index (χ1) is 57.8. The number of nitrogens with one attached hydrogen (secondary N) is 12. The minimum absolute atomic E-state index is 0.0128. The summed E-state index contributed by atoms with van der Waals surface area (Å²) in [4.78, 5) is 215. The second-order valence-corrected chi connectivity index (χ2v) is 35.8. The van der Waals surface area contributed by atoms with E-state index in [0.717, 1.165) is 49.4 Å². The number of amides is 12. The number of aromatic amines is 2. The van der Waals surface area contributed by atoms with Gasteiger partial charge >= 0.3 is 17.9 Å². The molecule has 5 aliphatic rings. The van der Waals surface area contributed by atoms with Gasteiger partial charge in [0.05, 0.1) is 57.4 Å². The van der Waals surface area contributed by atoms with Gasteiger partial charge in [-0.2, -0.15) is 11.8 Å². The number of rotatable bonds is 43. The maximum Gasteiger partial charge on any atom is 0.317 e. The molecule has 12 amide bonds. The molecule has 3 heterocycles. The van der Waals surface area contributed by atoms with E-state index in [0.29, 0.717) is 42.2 Å². The first-order valence-electron chi connectivity index (χ1n) is 42.6. The molecule has 1 aromatic carbocycles. The third-order valence-corrected chi connectivity index (χ3v) is 26.4. The highest BCUT2D eigenvalue weighted by Crippen LogP contribution is 2.68. The fraction of sp³-hybridized carbons (Fsp3) is 0.687. The van der Waals surface area contributed by atoms with E-state index in [-0.39, 0.29) is 183 Å². The van der Waals surface area contributed by atoms with Gasteiger partial charge in [0.15, 0.2) is 0 Å². The van der Waals surface area contributed by atoms with Crippen molar-refractivity contribution in [3.8, 4) is 0 Å². The number of aliphatic carboxylic acids is 3. The molecular formula is C83H129N19O19S. The number of aliphatic hydroxyl groups excluding tert-OH is 1. The molecule has 0 unspecified atom stereocenters. The van der Waals surface area contributed by atoms with Crippen molar-refractivity contribution < 1.29 is 92.3 Å². The van der Waals surface area contributed by atoms with Crippen LogP contribution in [0.2, 0.25) is 0 Å². The first-order valence-corrected chi connectivity index (χ1v) is 44.0. The van der Waals surface area contributed by atoms with Crippen molar-refractivity contribution in [1.29, 1.82) is 0 Å². The summed E-state index contributed by atoms with van der Waals surface area (Å²) < 4.78 is 0. The quantitative estimate of drug-likeness (QED) is 0.0320. The summed E-state index contributed by atoms with van der Waals surface area (Å²) in [5, 5.41) is 69.1. The maximum atomic E-state index is 14.6. The number of carboxylic acids is 3. The van der Waals surface area contributed by atoms with Gasteiger partial charge in [0.1, 0.15) is 42.3 Å². The molecule has 17 atom stereocenters. The molecule has 20 N–H and O–H groups in total. The molecule has 38 nitrogen and oxygen atoms in total. The number of hydrogen-bond acceptors (Lipinski definition) is 22. The van der Waals surface area contributed by atoms with E-state index in [9.17, 15) is 92.3 Å². The number of nitrogens with two attached hydrogens (primary N) is 2. The van der Waals surface area contributed by atoms with Gasteiger partial charge in [-0.05, 0) is 167 Å². The van der Waals surface area contributed by atoms with E-state index >= 15 is 0 Å². The lowest BCUT2D eigenvalue weighted by Gasteiger charge is -2.62. The second-order valence-electron chi connectivity index (χ2n) is 34.8. The Bertz CT molecular complexity index is 4100. The van der Waals surface area contributed by atoms with Crippen LogP contribution in [0.4, 0.5) is 0 Å². The van der Waals surface area contributed by atoms with E-state index in [4.69, 9.17) is 11.5 Å². The largest absolute Gasteiger partial charge is 0.480 e. The maximum absolute atomic E-state index is 14.6. The molecule has 676 valence electrons. The van der Waals surface area contributed by atoms with Crippen molar-refractivity contribution >= 4 is 111 Å². The van der Waals surface area contributed by atoms with Crippen molar-refractivity contribution in [3.05, 3.63) is 54.2 Å². The van der Waals surface area contributed by atoms with Gasteiger partial charge < -0.3 is 95.0 Å². The fourth-order valence-corrected chi connectivity index (χ4v) is 19.6. The van der Waals surface area contributed by atoms with Gasteiger partial charge in [0.25, 0.3) is 0 Å². The number of nitrogens with zero attached hydrogens (tertiary/aromatic N) is 5. The van der Waals surface area contributed by atoms with Crippen LogP contribution >= 0.6 is 11.8 Å². The Hall–Kier alpha value is -9.83. The number of H-pyrrole nitrogens is 2. The second kappa shape index (κ2) is 46.1. The Morgan fingerprint density at radius 3 is 1.71 bits per heavy atom. The number of imidazole rings is 1. The van der Waals surface area contributed by atoms with Gasteiger partial charge in [-0.3, -0.25) is 91.5 Å². The number of para-hydroxylation sites is 1. The van der Waals surface area contributed by atoms with Gasteiger partial charge in [-0.15, -0.1) is 0 Å². The summed E-state index contributed by atoms with van der Waals surface area (Å²) in [6.45, 7) is 12.9. The summed E-state index contributed by atoms with van der Waals surface area (Å²) in [6.07, 6.45) is 12.3. The van der Waals surface area contributed by atoms with Crippen molar-refractivity contribution in [2.24, 2.45) is 63.7 Å². The summed E-state index contributed by atoms with van der Waals surface area (Å²) in [5.41, 5.74) is 12.4. The van der Waals surface area contributed by atoms with Crippen LogP contribution in [0.25, 0.3) is 10.9 Å². The molecule has 0 spiro atoms. The van der Waals surface area contributed by atoms with Gasteiger partial charge in [-0.1, -0.05) is 52.8 Å².